The van der Waals surface area contributed by atoms with Crippen molar-refractivity contribution < 1.29 is 4.79 Å². The van der Waals surface area contributed by atoms with Gasteiger partial charge in [0.05, 0.1) is 11.7 Å². The van der Waals surface area contributed by atoms with Crippen molar-refractivity contribution in [1.82, 2.24) is 15.1 Å². The molecule has 2 aliphatic heterocycles. The van der Waals surface area contributed by atoms with Gasteiger partial charge in [-0.1, -0.05) is 13.8 Å². The Morgan fingerprint density at radius 3 is 2.72 bits per heavy atom. The predicted octanol–water partition coefficient (Wildman–Crippen LogP) is 1.42. The Hall–Kier alpha value is -0.610. The van der Waals surface area contributed by atoms with E-state index in [1.807, 2.05) is 6.92 Å². The van der Waals surface area contributed by atoms with Crippen molar-refractivity contribution >= 4 is 5.91 Å². The standard InChI is InChI=1S/C14H27N3O/c1-5-14(4)13(18)17(11(3)15-14)12-8-7-9-16(6-2)10-12/h11-12,15H,5-10H2,1-4H3. The van der Waals surface area contributed by atoms with E-state index in [4.69, 9.17) is 0 Å². The van der Waals surface area contributed by atoms with Crippen molar-refractivity contribution in [3.63, 3.8) is 0 Å². The third-order valence-electron chi connectivity index (χ3n) is 4.68. The Labute approximate surface area is 111 Å². The summed E-state index contributed by atoms with van der Waals surface area (Å²) in [5, 5.41) is 3.47. The summed E-state index contributed by atoms with van der Waals surface area (Å²) in [5.41, 5.74) is -0.353. The fourth-order valence-electron chi connectivity index (χ4n) is 3.33. The largest absolute Gasteiger partial charge is 0.322 e. The van der Waals surface area contributed by atoms with Gasteiger partial charge in [-0.15, -0.1) is 0 Å². The number of piperidine rings is 1. The summed E-state index contributed by atoms with van der Waals surface area (Å²) in [7, 11) is 0. The number of nitrogens with zero attached hydrogens (tertiary/aromatic N) is 2. The molecule has 3 atom stereocenters. The molecule has 18 heavy (non-hydrogen) atoms. The lowest BCUT2D eigenvalue weighted by molar-refractivity contribution is -0.136. The van der Waals surface area contributed by atoms with Gasteiger partial charge in [-0.05, 0) is 46.2 Å². The maximum Gasteiger partial charge on any atom is 0.244 e. The lowest BCUT2D eigenvalue weighted by Gasteiger charge is -2.39. The second-order valence-electron chi connectivity index (χ2n) is 5.91. The van der Waals surface area contributed by atoms with Crippen molar-refractivity contribution in [2.45, 2.75) is 64.7 Å². The summed E-state index contributed by atoms with van der Waals surface area (Å²) in [5.74, 6) is 0.292. The van der Waals surface area contributed by atoms with Crippen molar-refractivity contribution in [2.24, 2.45) is 0 Å². The summed E-state index contributed by atoms with van der Waals surface area (Å²) in [6, 6.07) is 0.391. The van der Waals surface area contributed by atoms with Gasteiger partial charge in [0.2, 0.25) is 5.91 Å². The summed E-state index contributed by atoms with van der Waals surface area (Å²) < 4.78 is 0. The number of rotatable bonds is 3. The van der Waals surface area contributed by atoms with Crippen LogP contribution in [0.3, 0.4) is 0 Å². The molecule has 4 heteroatoms. The topological polar surface area (TPSA) is 35.6 Å². The summed E-state index contributed by atoms with van der Waals surface area (Å²) in [6.45, 7) is 11.7. The molecule has 0 aliphatic carbocycles. The third kappa shape index (κ3) is 2.28. The molecule has 0 aromatic rings. The Balaban J connectivity index is 2.10. The molecule has 2 heterocycles. The van der Waals surface area contributed by atoms with E-state index in [-0.39, 0.29) is 11.7 Å². The van der Waals surface area contributed by atoms with E-state index in [2.05, 4.69) is 35.9 Å². The first-order valence-corrected chi connectivity index (χ1v) is 7.34. The molecule has 1 N–H and O–H groups in total. The van der Waals surface area contributed by atoms with Crippen molar-refractivity contribution in [1.29, 1.82) is 0 Å². The number of likely N-dealkylation sites (N-methyl/N-ethyl adjacent to an activating group) is 1. The molecule has 4 nitrogen and oxygen atoms in total. The molecule has 1 amide bonds. The van der Waals surface area contributed by atoms with E-state index in [9.17, 15) is 4.79 Å². The Morgan fingerprint density at radius 2 is 2.17 bits per heavy atom. The fourth-order valence-corrected chi connectivity index (χ4v) is 3.33. The number of nitrogens with one attached hydrogen (secondary N) is 1. The minimum Gasteiger partial charge on any atom is -0.322 e. The van der Waals surface area contributed by atoms with Crippen LogP contribution in [0.1, 0.15) is 47.0 Å². The minimum absolute atomic E-state index is 0.171. The summed E-state index contributed by atoms with van der Waals surface area (Å²) in [6.07, 6.45) is 3.38. The molecule has 2 rings (SSSR count). The van der Waals surface area contributed by atoms with Gasteiger partial charge in [0.25, 0.3) is 0 Å². The molecule has 2 fully saturated rings. The zero-order valence-corrected chi connectivity index (χ0v) is 12.2. The highest BCUT2D eigenvalue weighted by Crippen LogP contribution is 2.28. The van der Waals surface area contributed by atoms with Crippen LogP contribution in [0.4, 0.5) is 0 Å². The molecule has 2 saturated heterocycles. The first-order valence-electron chi connectivity index (χ1n) is 7.34. The zero-order valence-electron chi connectivity index (χ0n) is 12.2. The van der Waals surface area contributed by atoms with Crippen LogP contribution in [0.25, 0.3) is 0 Å². The van der Waals surface area contributed by atoms with Crippen LogP contribution in [0, 0.1) is 0 Å². The van der Waals surface area contributed by atoms with E-state index in [1.165, 1.54) is 13.0 Å². The molecule has 0 aromatic carbocycles. The molecule has 0 aromatic heterocycles. The van der Waals surface area contributed by atoms with Crippen molar-refractivity contribution in [3.8, 4) is 0 Å². The number of likely N-dealkylation sites (tertiary alicyclic amines) is 1. The van der Waals surface area contributed by atoms with E-state index in [0.717, 1.165) is 25.9 Å². The second-order valence-corrected chi connectivity index (χ2v) is 5.91. The maximum atomic E-state index is 12.6. The van der Waals surface area contributed by atoms with Crippen LogP contribution < -0.4 is 5.32 Å². The monoisotopic (exact) mass is 253 g/mol. The third-order valence-corrected chi connectivity index (χ3v) is 4.68. The predicted molar refractivity (Wildman–Crippen MR) is 73.3 cm³/mol. The van der Waals surface area contributed by atoms with Crippen LogP contribution in [-0.4, -0.2) is 53.1 Å². The van der Waals surface area contributed by atoms with E-state index < -0.39 is 0 Å². The van der Waals surface area contributed by atoms with Gasteiger partial charge in [-0.25, -0.2) is 0 Å². The normalized spacial score (nSPS) is 38.4. The van der Waals surface area contributed by atoms with Gasteiger partial charge in [-0.2, -0.15) is 0 Å². The quantitative estimate of drug-likeness (QED) is 0.826. The van der Waals surface area contributed by atoms with E-state index >= 15 is 0 Å². The number of amides is 1. The average molecular weight is 253 g/mol. The fraction of sp³-hybridized carbons (Fsp3) is 0.929. The zero-order chi connectivity index (χ0) is 13.3. The van der Waals surface area contributed by atoms with Crippen molar-refractivity contribution in [3.05, 3.63) is 0 Å². The molecule has 2 aliphatic rings. The van der Waals surface area contributed by atoms with Crippen LogP contribution in [0.15, 0.2) is 0 Å². The molecule has 3 unspecified atom stereocenters. The van der Waals surface area contributed by atoms with E-state index in [1.54, 1.807) is 0 Å². The Bertz CT molecular complexity index is 320. The number of carbonyl (C=O) groups excluding carboxylic acids is 1. The average Bonchev–Trinajstić information content (AvgIpc) is 2.61. The molecular weight excluding hydrogens is 226 g/mol. The number of carbonyl (C=O) groups is 1. The van der Waals surface area contributed by atoms with E-state index in [0.29, 0.717) is 11.9 Å². The lowest BCUT2D eigenvalue weighted by atomic mass is 9.97. The second kappa shape index (κ2) is 5.17. The van der Waals surface area contributed by atoms with Crippen LogP contribution >= 0.6 is 0 Å². The van der Waals surface area contributed by atoms with Gasteiger partial charge >= 0.3 is 0 Å². The molecule has 0 bridgehead atoms. The highest BCUT2D eigenvalue weighted by Gasteiger charge is 2.47. The molecule has 0 radical (unpaired) electrons. The Kier molecular flexibility index (Phi) is 3.97. The maximum absolute atomic E-state index is 12.6. The molecular formula is C14H27N3O. The number of hydrogen-bond donors (Lipinski definition) is 1. The molecule has 0 spiro atoms. The lowest BCUT2D eigenvalue weighted by Crippen LogP contribution is -2.52. The van der Waals surface area contributed by atoms with Crippen LogP contribution in [0.5, 0.6) is 0 Å². The minimum atomic E-state index is -0.353. The smallest absolute Gasteiger partial charge is 0.244 e. The van der Waals surface area contributed by atoms with Crippen LogP contribution in [-0.2, 0) is 4.79 Å². The van der Waals surface area contributed by atoms with Gasteiger partial charge < -0.3 is 9.80 Å². The summed E-state index contributed by atoms with van der Waals surface area (Å²) >= 11 is 0. The Morgan fingerprint density at radius 1 is 1.44 bits per heavy atom. The number of hydrogen-bond acceptors (Lipinski definition) is 3. The summed E-state index contributed by atoms with van der Waals surface area (Å²) in [4.78, 5) is 17.2. The van der Waals surface area contributed by atoms with Crippen LogP contribution in [0.2, 0.25) is 0 Å². The van der Waals surface area contributed by atoms with Gasteiger partial charge in [-0.3, -0.25) is 10.1 Å². The first-order chi connectivity index (χ1) is 8.51. The van der Waals surface area contributed by atoms with Gasteiger partial charge in [0, 0.05) is 12.6 Å². The van der Waals surface area contributed by atoms with Crippen molar-refractivity contribution in [2.75, 3.05) is 19.6 Å². The molecule has 104 valence electrons. The highest BCUT2D eigenvalue weighted by molar-refractivity contribution is 5.88. The highest BCUT2D eigenvalue weighted by atomic mass is 16.2. The molecule has 0 saturated carbocycles. The SMILES string of the molecule is CCN1CCCC(N2C(=O)C(C)(CC)NC2C)C1. The van der Waals surface area contributed by atoms with Gasteiger partial charge in [0.15, 0.2) is 0 Å². The van der Waals surface area contributed by atoms with Gasteiger partial charge in [0.1, 0.15) is 0 Å². The first kappa shape index (κ1) is 13.8.